The molecule has 1 fully saturated rings. The van der Waals surface area contributed by atoms with Crippen LogP contribution in [-0.2, 0) is 9.47 Å². The van der Waals surface area contributed by atoms with Crippen molar-refractivity contribution in [1.29, 1.82) is 0 Å². The summed E-state index contributed by atoms with van der Waals surface area (Å²) in [6.45, 7) is 2.56. The minimum Gasteiger partial charge on any atom is -0.394 e. The zero-order chi connectivity index (χ0) is 21.2. The van der Waals surface area contributed by atoms with Crippen LogP contribution < -0.4 is 0 Å². The fourth-order valence-corrected chi connectivity index (χ4v) is 3.83. The fourth-order valence-electron chi connectivity index (χ4n) is 3.83. The second-order valence-electron chi connectivity index (χ2n) is 8.39. The van der Waals surface area contributed by atoms with Crippen LogP contribution in [0.15, 0.2) is 12.2 Å². The molecule has 0 aromatic rings. The van der Waals surface area contributed by atoms with Gasteiger partial charge >= 0.3 is 0 Å². The Hall–Kier alpha value is -0.460. The molecular weight excluding hydrogens is 368 g/mol. The summed E-state index contributed by atoms with van der Waals surface area (Å²) in [6, 6.07) is 0. The predicted octanol–water partition coefficient (Wildman–Crippen LogP) is 4.52. The average molecular weight is 415 g/mol. The number of allylic oxidation sites excluding steroid dienone is 2. The molecule has 1 rings (SSSR count). The van der Waals surface area contributed by atoms with E-state index in [4.69, 9.17) is 14.6 Å². The minimum absolute atomic E-state index is 0.147. The summed E-state index contributed by atoms with van der Waals surface area (Å²) in [5, 5.41) is 28.6. The van der Waals surface area contributed by atoms with Gasteiger partial charge in [0.05, 0.1) is 13.2 Å². The largest absolute Gasteiger partial charge is 0.394 e. The van der Waals surface area contributed by atoms with E-state index in [1.807, 2.05) is 0 Å². The maximum atomic E-state index is 9.88. The first-order valence-electron chi connectivity index (χ1n) is 12.1. The third-order valence-electron chi connectivity index (χ3n) is 5.70. The van der Waals surface area contributed by atoms with Crippen molar-refractivity contribution in [3.8, 4) is 0 Å². The molecule has 0 unspecified atom stereocenters. The van der Waals surface area contributed by atoms with Crippen LogP contribution in [0.4, 0.5) is 0 Å². The predicted molar refractivity (Wildman–Crippen MR) is 118 cm³/mol. The lowest BCUT2D eigenvalue weighted by molar-refractivity contribution is -0.0937. The van der Waals surface area contributed by atoms with E-state index in [-0.39, 0.29) is 13.2 Å². The molecule has 0 spiro atoms. The zero-order valence-corrected chi connectivity index (χ0v) is 18.6. The Morgan fingerprint density at radius 3 is 2.03 bits per heavy atom. The van der Waals surface area contributed by atoms with Crippen molar-refractivity contribution < 1.29 is 24.8 Å². The van der Waals surface area contributed by atoms with Gasteiger partial charge in [-0.2, -0.15) is 0 Å². The van der Waals surface area contributed by atoms with Crippen molar-refractivity contribution in [2.24, 2.45) is 0 Å². The molecule has 1 heterocycles. The SMILES string of the molecule is CCCCCCCCCCCC/C=C/CCCCO[C@@H]1[C@H]([C@@H](O)CO)OC[C@H]1O. The summed E-state index contributed by atoms with van der Waals surface area (Å²) in [6.07, 6.45) is 19.6. The Morgan fingerprint density at radius 2 is 1.45 bits per heavy atom. The van der Waals surface area contributed by atoms with Gasteiger partial charge in [-0.15, -0.1) is 0 Å². The van der Waals surface area contributed by atoms with E-state index in [1.54, 1.807) is 0 Å². The molecule has 29 heavy (non-hydrogen) atoms. The van der Waals surface area contributed by atoms with Crippen molar-refractivity contribution >= 4 is 0 Å². The molecule has 1 aliphatic rings. The van der Waals surface area contributed by atoms with Crippen LogP contribution in [-0.4, -0.2) is 59.6 Å². The maximum absolute atomic E-state index is 9.88. The first-order chi connectivity index (χ1) is 14.2. The third kappa shape index (κ3) is 12.7. The summed E-state index contributed by atoms with van der Waals surface area (Å²) in [7, 11) is 0. The first kappa shape index (κ1) is 26.6. The number of aliphatic hydroxyl groups is 3. The van der Waals surface area contributed by atoms with Gasteiger partial charge in [0.15, 0.2) is 0 Å². The van der Waals surface area contributed by atoms with E-state index in [0.29, 0.717) is 6.61 Å². The quantitative estimate of drug-likeness (QED) is 0.214. The lowest BCUT2D eigenvalue weighted by Crippen LogP contribution is -2.42. The highest BCUT2D eigenvalue weighted by atomic mass is 16.6. The molecule has 0 radical (unpaired) electrons. The molecule has 0 bridgehead atoms. The molecule has 0 amide bonds. The molecule has 0 saturated carbocycles. The number of ether oxygens (including phenoxy) is 2. The van der Waals surface area contributed by atoms with Gasteiger partial charge in [-0.1, -0.05) is 76.9 Å². The van der Waals surface area contributed by atoms with E-state index >= 15 is 0 Å². The molecule has 1 aliphatic heterocycles. The van der Waals surface area contributed by atoms with E-state index < -0.39 is 24.4 Å². The molecule has 4 atom stereocenters. The molecular formula is C24H46O5. The molecule has 1 saturated heterocycles. The minimum atomic E-state index is -1.01. The average Bonchev–Trinajstić information content (AvgIpc) is 3.10. The molecule has 0 aromatic heterocycles. The van der Waals surface area contributed by atoms with Crippen LogP contribution >= 0.6 is 0 Å². The summed E-state index contributed by atoms with van der Waals surface area (Å²) in [5.74, 6) is 0. The Kier molecular flexibility index (Phi) is 16.8. The molecule has 5 nitrogen and oxygen atoms in total. The lowest BCUT2D eigenvalue weighted by atomic mass is 10.1. The highest BCUT2D eigenvalue weighted by Crippen LogP contribution is 2.21. The molecule has 172 valence electrons. The topological polar surface area (TPSA) is 79.2 Å². The van der Waals surface area contributed by atoms with Gasteiger partial charge in [0.1, 0.15) is 24.4 Å². The van der Waals surface area contributed by atoms with Crippen LogP contribution in [0.2, 0.25) is 0 Å². The number of hydrogen-bond acceptors (Lipinski definition) is 5. The molecule has 0 aliphatic carbocycles. The zero-order valence-electron chi connectivity index (χ0n) is 18.6. The smallest absolute Gasteiger partial charge is 0.114 e. The molecule has 5 heteroatoms. The summed E-state index contributed by atoms with van der Waals surface area (Å²) in [4.78, 5) is 0. The van der Waals surface area contributed by atoms with Gasteiger partial charge in [0.25, 0.3) is 0 Å². The second kappa shape index (κ2) is 18.3. The van der Waals surface area contributed by atoms with Gasteiger partial charge in [0, 0.05) is 6.61 Å². The number of hydrogen-bond donors (Lipinski definition) is 3. The van der Waals surface area contributed by atoms with E-state index in [2.05, 4.69) is 19.1 Å². The Morgan fingerprint density at radius 1 is 0.897 bits per heavy atom. The monoisotopic (exact) mass is 414 g/mol. The maximum Gasteiger partial charge on any atom is 0.114 e. The number of unbranched alkanes of at least 4 members (excludes halogenated alkanes) is 12. The molecule has 3 N–H and O–H groups in total. The highest BCUT2D eigenvalue weighted by molar-refractivity contribution is 4.89. The van der Waals surface area contributed by atoms with Gasteiger partial charge in [-0.25, -0.2) is 0 Å². The molecule has 0 aromatic carbocycles. The third-order valence-corrected chi connectivity index (χ3v) is 5.70. The van der Waals surface area contributed by atoms with Crippen molar-refractivity contribution in [3.63, 3.8) is 0 Å². The number of aliphatic hydroxyl groups excluding tert-OH is 3. The van der Waals surface area contributed by atoms with Crippen LogP contribution in [0.3, 0.4) is 0 Å². The van der Waals surface area contributed by atoms with Crippen LogP contribution in [0, 0.1) is 0 Å². The summed E-state index contributed by atoms with van der Waals surface area (Å²) >= 11 is 0. The van der Waals surface area contributed by atoms with Crippen molar-refractivity contribution in [1.82, 2.24) is 0 Å². The van der Waals surface area contributed by atoms with Gasteiger partial charge in [0.2, 0.25) is 0 Å². The van der Waals surface area contributed by atoms with Crippen LogP contribution in [0.1, 0.15) is 96.8 Å². The fraction of sp³-hybridized carbons (Fsp3) is 0.917. The Labute approximate surface area is 178 Å². The van der Waals surface area contributed by atoms with E-state index in [0.717, 1.165) is 19.3 Å². The van der Waals surface area contributed by atoms with Gasteiger partial charge < -0.3 is 24.8 Å². The van der Waals surface area contributed by atoms with Gasteiger partial charge in [-0.3, -0.25) is 0 Å². The van der Waals surface area contributed by atoms with E-state index in [9.17, 15) is 10.2 Å². The van der Waals surface area contributed by atoms with E-state index in [1.165, 1.54) is 70.6 Å². The Balaban J connectivity index is 1.88. The second-order valence-corrected chi connectivity index (χ2v) is 8.39. The first-order valence-corrected chi connectivity index (χ1v) is 12.1. The van der Waals surface area contributed by atoms with Crippen molar-refractivity contribution in [2.45, 2.75) is 121 Å². The highest BCUT2D eigenvalue weighted by Gasteiger charge is 2.40. The standard InChI is InChI=1S/C24H46O5/c1-2-3-4-5-6-7-8-9-10-11-12-13-14-15-16-17-18-28-24-22(27)20-29-23(24)21(26)19-25/h13-14,21-27H,2-12,15-20H2,1H3/b14-13+/t21-,22+,23-,24-/m0/s1. The van der Waals surface area contributed by atoms with Crippen molar-refractivity contribution in [3.05, 3.63) is 12.2 Å². The van der Waals surface area contributed by atoms with Gasteiger partial charge in [-0.05, 0) is 32.1 Å². The van der Waals surface area contributed by atoms with Crippen molar-refractivity contribution in [2.75, 3.05) is 19.8 Å². The normalized spacial score (nSPS) is 23.2. The lowest BCUT2D eigenvalue weighted by Gasteiger charge is -2.23. The number of rotatable bonds is 19. The summed E-state index contributed by atoms with van der Waals surface area (Å²) < 4.78 is 11.0. The summed E-state index contributed by atoms with van der Waals surface area (Å²) in [5.41, 5.74) is 0. The van der Waals surface area contributed by atoms with Crippen LogP contribution in [0.25, 0.3) is 0 Å². The Bertz CT molecular complexity index is 387. The van der Waals surface area contributed by atoms with Crippen LogP contribution in [0.5, 0.6) is 0 Å².